The van der Waals surface area contributed by atoms with Gasteiger partial charge in [0.1, 0.15) is 5.82 Å². The van der Waals surface area contributed by atoms with E-state index in [4.69, 9.17) is 0 Å². The van der Waals surface area contributed by atoms with Gasteiger partial charge in [0.25, 0.3) is 0 Å². The molecular weight excluding hydrogens is 376 g/mol. The van der Waals surface area contributed by atoms with Crippen LogP contribution in [0, 0.1) is 0 Å². The minimum Gasteiger partial charge on any atom is -0.341 e. The molecule has 0 aliphatic carbocycles. The summed E-state index contributed by atoms with van der Waals surface area (Å²) < 4.78 is 0. The molecule has 0 aliphatic heterocycles. The second kappa shape index (κ2) is 7.94. The number of benzene rings is 2. The van der Waals surface area contributed by atoms with Crippen LogP contribution < -0.4 is 5.32 Å². The first-order valence-electron chi connectivity index (χ1n) is 8.56. The van der Waals surface area contributed by atoms with Crippen molar-refractivity contribution in [1.29, 1.82) is 0 Å². The lowest BCUT2D eigenvalue weighted by atomic mass is 10.2. The number of thiazole rings is 1. The van der Waals surface area contributed by atoms with Crippen LogP contribution >= 0.6 is 23.1 Å². The standard InChI is InChI=1S/C20H18N4OS2/c1-13(19-22-15-9-5-6-10-16(15)23-19)26-12-18(25)24-20-21-11-17(27-20)14-7-3-2-4-8-14/h2-11,13H,12H2,1H3,(H,22,23)(H,21,24,25). The molecule has 27 heavy (non-hydrogen) atoms. The maximum Gasteiger partial charge on any atom is 0.236 e. The zero-order valence-electron chi connectivity index (χ0n) is 14.7. The number of aromatic nitrogens is 3. The number of para-hydroxylation sites is 2. The van der Waals surface area contributed by atoms with Gasteiger partial charge in [0.05, 0.1) is 26.9 Å². The van der Waals surface area contributed by atoms with Crippen molar-refractivity contribution in [1.82, 2.24) is 15.0 Å². The van der Waals surface area contributed by atoms with E-state index in [1.807, 2.05) is 61.5 Å². The van der Waals surface area contributed by atoms with Crippen LogP contribution in [-0.4, -0.2) is 26.6 Å². The number of H-pyrrole nitrogens is 1. The first-order chi connectivity index (χ1) is 13.2. The van der Waals surface area contributed by atoms with Gasteiger partial charge in [-0.05, 0) is 24.6 Å². The Morgan fingerprint density at radius 2 is 1.96 bits per heavy atom. The van der Waals surface area contributed by atoms with Gasteiger partial charge in [-0.3, -0.25) is 4.79 Å². The van der Waals surface area contributed by atoms with Crippen LogP contribution in [0.3, 0.4) is 0 Å². The van der Waals surface area contributed by atoms with Gasteiger partial charge < -0.3 is 10.3 Å². The summed E-state index contributed by atoms with van der Waals surface area (Å²) in [4.78, 5) is 25.5. The number of amides is 1. The van der Waals surface area contributed by atoms with E-state index in [9.17, 15) is 4.79 Å². The van der Waals surface area contributed by atoms with Gasteiger partial charge in [0, 0.05) is 6.20 Å². The number of aromatic amines is 1. The van der Waals surface area contributed by atoms with Crippen molar-refractivity contribution in [2.75, 3.05) is 11.1 Å². The lowest BCUT2D eigenvalue weighted by Crippen LogP contribution is -2.14. The molecule has 5 nitrogen and oxygen atoms in total. The van der Waals surface area contributed by atoms with E-state index < -0.39 is 0 Å². The maximum atomic E-state index is 12.3. The summed E-state index contributed by atoms with van der Waals surface area (Å²) in [6, 6.07) is 18.0. The number of fused-ring (bicyclic) bond motifs is 1. The van der Waals surface area contributed by atoms with Crippen molar-refractivity contribution >= 4 is 45.2 Å². The van der Waals surface area contributed by atoms with Gasteiger partial charge in [-0.25, -0.2) is 9.97 Å². The third-order valence-corrected chi connectivity index (χ3v) is 6.18. The Hall–Kier alpha value is -2.64. The topological polar surface area (TPSA) is 70.7 Å². The second-order valence-electron chi connectivity index (χ2n) is 6.04. The molecule has 4 rings (SSSR count). The van der Waals surface area contributed by atoms with Crippen LogP contribution in [0.4, 0.5) is 5.13 Å². The second-order valence-corrected chi connectivity index (χ2v) is 8.40. The summed E-state index contributed by atoms with van der Waals surface area (Å²) in [5, 5.41) is 3.60. The highest BCUT2D eigenvalue weighted by atomic mass is 32.2. The van der Waals surface area contributed by atoms with Crippen LogP contribution in [0.25, 0.3) is 21.5 Å². The molecule has 0 saturated heterocycles. The average Bonchev–Trinajstić information content (AvgIpc) is 3.33. The van der Waals surface area contributed by atoms with E-state index >= 15 is 0 Å². The number of anilines is 1. The van der Waals surface area contributed by atoms with E-state index in [2.05, 4.69) is 20.3 Å². The summed E-state index contributed by atoms with van der Waals surface area (Å²) in [5.41, 5.74) is 3.06. The van der Waals surface area contributed by atoms with E-state index in [-0.39, 0.29) is 11.2 Å². The number of thioether (sulfide) groups is 1. The first kappa shape index (κ1) is 17.8. The lowest BCUT2D eigenvalue weighted by Gasteiger charge is -2.07. The number of imidazole rings is 1. The highest BCUT2D eigenvalue weighted by Gasteiger charge is 2.14. The molecule has 0 bridgehead atoms. The summed E-state index contributed by atoms with van der Waals surface area (Å²) in [6.45, 7) is 2.05. The maximum absolute atomic E-state index is 12.3. The number of nitrogens with zero attached hydrogens (tertiary/aromatic N) is 2. The fourth-order valence-corrected chi connectivity index (χ4v) is 4.25. The van der Waals surface area contributed by atoms with Crippen molar-refractivity contribution in [3.8, 4) is 10.4 Å². The fraction of sp³-hybridized carbons (Fsp3) is 0.150. The molecule has 4 aromatic rings. The molecule has 136 valence electrons. The van der Waals surface area contributed by atoms with E-state index in [0.717, 1.165) is 27.3 Å². The molecule has 0 radical (unpaired) electrons. The molecular formula is C20H18N4OS2. The Labute approximate surface area is 165 Å². The third-order valence-electron chi connectivity index (χ3n) is 4.07. The molecule has 1 atom stereocenters. The summed E-state index contributed by atoms with van der Waals surface area (Å²) in [6.07, 6.45) is 1.79. The fourth-order valence-electron chi connectivity index (χ4n) is 2.67. The predicted molar refractivity (Wildman–Crippen MR) is 113 cm³/mol. The quantitative estimate of drug-likeness (QED) is 0.476. The molecule has 1 unspecified atom stereocenters. The normalized spacial score (nSPS) is 12.2. The summed E-state index contributed by atoms with van der Waals surface area (Å²) >= 11 is 3.02. The number of nitrogens with one attached hydrogen (secondary N) is 2. The smallest absolute Gasteiger partial charge is 0.236 e. The molecule has 2 aromatic carbocycles. The van der Waals surface area contributed by atoms with E-state index in [1.54, 1.807) is 18.0 Å². The molecule has 2 heterocycles. The Balaban J connectivity index is 1.33. The average molecular weight is 395 g/mol. The Morgan fingerprint density at radius 1 is 1.19 bits per heavy atom. The molecule has 0 aliphatic rings. The molecule has 0 fully saturated rings. The van der Waals surface area contributed by atoms with Crippen molar-refractivity contribution in [3.05, 3.63) is 66.6 Å². The van der Waals surface area contributed by atoms with Crippen LogP contribution in [0.1, 0.15) is 18.0 Å². The summed E-state index contributed by atoms with van der Waals surface area (Å²) in [5.74, 6) is 1.17. The predicted octanol–water partition coefficient (Wildman–Crippen LogP) is 5.12. The molecule has 2 N–H and O–H groups in total. The highest BCUT2D eigenvalue weighted by Crippen LogP contribution is 2.30. The summed E-state index contributed by atoms with van der Waals surface area (Å²) in [7, 11) is 0. The minimum atomic E-state index is -0.0584. The molecule has 0 saturated carbocycles. The monoisotopic (exact) mass is 394 g/mol. The van der Waals surface area contributed by atoms with Gasteiger partial charge in [-0.15, -0.1) is 11.8 Å². The van der Waals surface area contributed by atoms with Gasteiger partial charge in [-0.1, -0.05) is 53.8 Å². The van der Waals surface area contributed by atoms with Gasteiger partial charge in [0.2, 0.25) is 5.91 Å². The van der Waals surface area contributed by atoms with Gasteiger partial charge >= 0.3 is 0 Å². The molecule has 0 spiro atoms. The lowest BCUT2D eigenvalue weighted by molar-refractivity contribution is -0.113. The molecule has 7 heteroatoms. The number of hydrogen-bond donors (Lipinski definition) is 2. The number of rotatable bonds is 6. The minimum absolute atomic E-state index is 0.0584. The molecule has 2 aromatic heterocycles. The van der Waals surface area contributed by atoms with Crippen LogP contribution in [0.2, 0.25) is 0 Å². The Morgan fingerprint density at radius 3 is 2.78 bits per heavy atom. The van der Waals surface area contributed by atoms with E-state index in [1.165, 1.54) is 11.3 Å². The Bertz CT molecular complexity index is 1020. The zero-order chi connectivity index (χ0) is 18.6. The van der Waals surface area contributed by atoms with Crippen LogP contribution in [-0.2, 0) is 4.79 Å². The van der Waals surface area contributed by atoms with Crippen molar-refractivity contribution < 1.29 is 4.79 Å². The highest BCUT2D eigenvalue weighted by molar-refractivity contribution is 8.00. The number of carbonyl (C=O) groups is 1. The SMILES string of the molecule is CC(SCC(=O)Nc1ncc(-c2ccccc2)s1)c1nc2ccccc2[nH]1. The van der Waals surface area contributed by atoms with Crippen LogP contribution in [0.15, 0.2) is 60.8 Å². The number of carbonyl (C=O) groups excluding carboxylic acids is 1. The molecule has 1 amide bonds. The van der Waals surface area contributed by atoms with Gasteiger partial charge in [0.15, 0.2) is 5.13 Å². The third kappa shape index (κ3) is 4.20. The largest absolute Gasteiger partial charge is 0.341 e. The van der Waals surface area contributed by atoms with Crippen molar-refractivity contribution in [2.45, 2.75) is 12.2 Å². The number of hydrogen-bond acceptors (Lipinski definition) is 5. The first-order valence-corrected chi connectivity index (χ1v) is 10.4. The Kier molecular flexibility index (Phi) is 5.22. The van der Waals surface area contributed by atoms with Crippen molar-refractivity contribution in [2.24, 2.45) is 0 Å². The van der Waals surface area contributed by atoms with Crippen molar-refractivity contribution in [3.63, 3.8) is 0 Å². The van der Waals surface area contributed by atoms with Crippen LogP contribution in [0.5, 0.6) is 0 Å². The van der Waals surface area contributed by atoms with E-state index in [0.29, 0.717) is 10.9 Å². The van der Waals surface area contributed by atoms with Gasteiger partial charge in [-0.2, -0.15) is 0 Å². The zero-order valence-corrected chi connectivity index (χ0v) is 16.3.